The van der Waals surface area contributed by atoms with Gasteiger partial charge in [-0.2, -0.15) is 0 Å². The molecular weight excluding hydrogens is 196 g/mol. The molecule has 94 valence electrons. The third kappa shape index (κ3) is 4.42. The van der Waals surface area contributed by atoms with E-state index >= 15 is 0 Å². The summed E-state index contributed by atoms with van der Waals surface area (Å²) in [6.45, 7) is 9.73. The second-order valence-electron chi connectivity index (χ2n) is 6.10. The first-order chi connectivity index (χ1) is 7.74. The molecule has 16 heavy (non-hydrogen) atoms. The van der Waals surface area contributed by atoms with Crippen LogP contribution < -0.4 is 5.32 Å². The van der Waals surface area contributed by atoms with Crippen LogP contribution >= 0.6 is 0 Å². The largest absolute Gasteiger partial charge is 0.314 e. The summed E-state index contributed by atoms with van der Waals surface area (Å²) in [6.07, 6.45) is 7.37. The highest BCUT2D eigenvalue weighted by molar-refractivity contribution is 4.79. The molecule has 2 aliphatic rings. The zero-order valence-electron chi connectivity index (χ0n) is 11.0. The average Bonchev–Trinajstić information content (AvgIpc) is 2.94. The Hall–Kier alpha value is -0.0800. The van der Waals surface area contributed by atoms with E-state index in [1.54, 1.807) is 0 Å². The third-order valence-corrected chi connectivity index (χ3v) is 3.97. The first-order valence-corrected chi connectivity index (χ1v) is 7.20. The van der Waals surface area contributed by atoms with Gasteiger partial charge in [-0.15, -0.1) is 0 Å². The van der Waals surface area contributed by atoms with Gasteiger partial charge in [-0.05, 0) is 50.7 Å². The highest BCUT2D eigenvalue weighted by atomic mass is 15.1. The van der Waals surface area contributed by atoms with E-state index in [2.05, 4.69) is 24.1 Å². The molecule has 0 radical (unpaired) electrons. The quantitative estimate of drug-likeness (QED) is 0.715. The second-order valence-corrected chi connectivity index (χ2v) is 6.10. The van der Waals surface area contributed by atoms with E-state index in [9.17, 15) is 0 Å². The molecule has 2 nitrogen and oxygen atoms in total. The van der Waals surface area contributed by atoms with E-state index in [0.29, 0.717) is 6.04 Å². The lowest BCUT2D eigenvalue weighted by molar-refractivity contribution is 0.310. The van der Waals surface area contributed by atoms with Gasteiger partial charge in [0.2, 0.25) is 0 Å². The van der Waals surface area contributed by atoms with E-state index in [1.807, 2.05) is 0 Å². The molecule has 0 aromatic carbocycles. The number of rotatable bonds is 7. The summed E-state index contributed by atoms with van der Waals surface area (Å²) in [6, 6.07) is 0.643. The maximum Gasteiger partial charge on any atom is 0.00223 e. The molecule has 0 spiro atoms. The van der Waals surface area contributed by atoms with Crippen LogP contribution in [0.3, 0.4) is 0 Å². The van der Waals surface area contributed by atoms with Crippen LogP contribution in [0.4, 0.5) is 0 Å². The van der Waals surface area contributed by atoms with Gasteiger partial charge in [-0.25, -0.2) is 0 Å². The second kappa shape index (κ2) is 6.02. The Morgan fingerprint density at radius 1 is 1.19 bits per heavy atom. The number of nitrogens with zero attached hydrogens (tertiary/aromatic N) is 1. The lowest BCUT2D eigenvalue weighted by atomic mass is 10.1. The SMILES string of the molecule is CC(C)NCC1CCN(CCCC2CC2)C1. The predicted molar refractivity (Wildman–Crippen MR) is 69.6 cm³/mol. The summed E-state index contributed by atoms with van der Waals surface area (Å²) in [7, 11) is 0. The van der Waals surface area contributed by atoms with Crippen molar-refractivity contribution in [2.45, 2.75) is 52.0 Å². The van der Waals surface area contributed by atoms with Crippen molar-refractivity contribution < 1.29 is 0 Å². The predicted octanol–water partition coefficient (Wildman–Crippen LogP) is 2.50. The molecule has 1 aliphatic heterocycles. The maximum atomic E-state index is 3.57. The van der Waals surface area contributed by atoms with Gasteiger partial charge in [-0.3, -0.25) is 0 Å². The Labute approximate surface area is 101 Å². The zero-order chi connectivity index (χ0) is 11.4. The van der Waals surface area contributed by atoms with Gasteiger partial charge in [0.05, 0.1) is 0 Å². The molecule has 1 heterocycles. The Kier molecular flexibility index (Phi) is 4.66. The summed E-state index contributed by atoms with van der Waals surface area (Å²) in [5.41, 5.74) is 0. The number of hydrogen-bond donors (Lipinski definition) is 1. The van der Waals surface area contributed by atoms with Crippen molar-refractivity contribution in [2.24, 2.45) is 11.8 Å². The summed E-state index contributed by atoms with van der Waals surface area (Å²) >= 11 is 0. The summed E-state index contributed by atoms with van der Waals surface area (Å²) < 4.78 is 0. The van der Waals surface area contributed by atoms with Crippen LogP contribution in [0.1, 0.15) is 46.0 Å². The van der Waals surface area contributed by atoms with Crippen molar-refractivity contribution in [3.63, 3.8) is 0 Å². The smallest absolute Gasteiger partial charge is 0.00223 e. The maximum absolute atomic E-state index is 3.57. The lowest BCUT2D eigenvalue weighted by Gasteiger charge is -2.17. The molecule has 1 unspecified atom stereocenters. The van der Waals surface area contributed by atoms with Crippen LogP contribution in [0.15, 0.2) is 0 Å². The Bertz CT molecular complexity index is 199. The minimum Gasteiger partial charge on any atom is -0.314 e. The summed E-state index contributed by atoms with van der Waals surface area (Å²) in [5.74, 6) is 2.02. The minimum absolute atomic E-state index is 0.643. The molecule has 1 saturated carbocycles. The van der Waals surface area contributed by atoms with E-state index < -0.39 is 0 Å². The molecular formula is C14H28N2. The first kappa shape index (κ1) is 12.4. The number of nitrogens with one attached hydrogen (secondary N) is 1. The fraction of sp³-hybridized carbons (Fsp3) is 1.00. The molecule has 1 saturated heterocycles. The van der Waals surface area contributed by atoms with E-state index in [0.717, 1.165) is 11.8 Å². The molecule has 2 heteroatoms. The standard InChI is InChI=1S/C14H28N2/c1-12(2)15-10-14-7-9-16(11-14)8-3-4-13-5-6-13/h12-15H,3-11H2,1-2H3. The molecule has 1 atom stereocenters. The fourth-order valence-corrected chi connectivity index (χ4v) is 2.70. The molecule has 0 amide bonds. The van der Waals surface area contributed by atoms with Gasteiger partial charge in [0, 0.05) is 12.6 Å². The lowest BCUT2D eigenvalue weighted by Crippen LogP contribution is -2.31. The van der Waals surface area contributed by atoms with E-state index in [-0.39, 0.29) is 0 Å². The van der Waals surface area contributed by atoms with Crippen LogP contribution in [0.5, 0.6) is 0 Å². The normalized spacial score (nSPS) is 26.8. The molecule has 2 fully saturated rings. The fourth-order valence-electron chi connectivity index (χ4n) is 2.70. The number of hydrogen-bond acceptors (Lipinski definition) is 2. The molecule has 1 N–H and O–H groups in total. The van der Waals surface area contributed by atoms with Crippen LogP contribution in [0, 0.1) is 11.8 Å². The van der Waals surface area contributed by atoms with Crippen molar-refractivity contribution in [2.75, 3.05) is 26.2 Å². The van der Waals surface area contributed by atoms with Crippen molar-refractivity contribution >= 4 is 0 Å². The minimum atomic E-state index is 0.643. The van der Waals surface area contributed by atoms with E-state index in [4.69, 9.17) is 0 Å². The Morgan fingerprint density at radius 3 is 2.69 bits per heavy atom. The number of likely N-dealkylation sites (tertiary alicyclic amines) is 1. The van der Waals surface area contributed by atoms with Gasteiger partial charge < -0.3 is 10.2 Å². The topological polar surface area (TPSA) is 15.3 Å². The highest BCUT2D eigenvalue weighted by Gasteiger charge is 2.24. The molecule has 0 bridgehead atoms. The van der Waals surface area contributed by atoms with Gasteiger partial charge in [0.15, 0.2) is 0 Å². The average molecular weight is 224 g/mol. The van der Waals surface area contributed by atoms with Crippen LogP contribution in [0.25, 0.3) is 0 Å². The van der Waals surface area contributed by atoms with E-state index in [1.165, 1.54) is 58.3 Å². The van der Waals surface area contributed by atoms with Gasteiger partial charge in [0.1, 0.15) is 0 Å². The zero-order valence-corrected chi connectivity index (χ0v) is 11.0. The van der Waals surface area contributed by atoms with Gasteiger partial charge >= 0.3 is 0 Å². The van der Waals surface area contributed by atoms with Crippen LogP contribution in [-0.2, 0) is 0 Å². The molecule has 2 rings (SSSR count). The van der Waals surface area contributed by atoms with Crippen molar-refractivity contribution in [3.8, 4) is 0 Å². The summed E-state index contributed by atoms with van der Waals surface area (Å²) in [5, 5.41) is 3.57. The van der Waals surface area contributed by atoms with Crippen LogP contribution in [0.2, 0.25) is 0 Å². The Morgan fingerprint density at radius 2 is 2.00 bits per heavy atom. The molecule has 1 aliphatic carbocycles. The highest BCUT2D eigenvalue weighted by Crippen LogP contribution is 2.33. The van der Waals surface area contributed by atoms with Crippen LogP contribution in [-0.4, -0.2) is 37.1 Å². The van der Waals surface area contributed by atoms with Gasteiger partial charge in [-0.1, -0.05) is 26.7 Å². The van der Waals surface area contributed by atoms with Crippen molar-refractivity contribution in [3.05, 3.63) is 0 Å². The third-order valence-electron chi connectivity index (χ3n) is 3.97. The summed E-state index contributed by atoms with van der Waals surface area (Å²) in [4.78, 5) is 2.68. The first-order valence-electron chi connectivity index (χ1n) is 7.20. The van der Waals surface area contributed by atoms with Crippen molar-refractivity contribution in [1.29, 1.82) is 0 Å². The monoisotopic (exact) mass is 224 g/mol. The van der Waals surface area contributed by atoms with Gasteiger partial charge in [0.25, 0.3) is 0 Å². The molecule has 0 aromatic heterocycles. The van der Waals surface area contributed by atoms with Crippen molar-refractivity contribution in [1.82, 2.24) is 10.2 Å². The Balaban J connectivity index is 1.52. The molecule has 0 aromatic rings.